The highest BCUT2D eigenvalue weighted by molar-refractivity contribution is 6.30. The molecule has 3 nitrogen and oxygen atoms in total. The second-order valence-electron chi connectivity index (χ2n) is 3.54. The maximum atomic E-state index is 10.2. The summed E-state index contributed by atoms with van der Waals surface area (Å²) < 4.78 is 5.16. The third-order valence-electron chi connectivity index (χ3n) is 2.46. The molecule has 0 amide bonds. The lowest BCUT2D eigenvalue weighted by Gasteiger charge is -2.13. The molecule has 0 spiro atoms. The number of nitrogens with zero attached hydrogens (tertiary/aromatic N) is 1. The van der Waals surface area contributed by atoms with Crippen molar-refractivity contribution in [2.45, 2.75) is 6.10 Å². The van der Waals surface area contributed by atoms with E-state index in [1.165, 1.54) is 0 Å². The largest absolute Gasteiger partial charge is 0.495 e. The molecule has 2 rings (SSSR count). The quantitative estimate of drug-likeness (QED) is 0.910. The number of hydrogen-bond donors (Lipinski definition) is 1. The fraction of sp³-hybridized carbons (Fsp3) is 0.154. The minimum absolute atomic E-state index is 0.498. The van der Waals surface area contributed by atoms with E-state index < -0.39 is 6.10 Å². The van der Waals surface area contributed by atoms with Crippen molar-refractivity contribution < 1.29 is 9.84 Å². The molecule has 0 aliphatic rings. The Morgan fingerprint density at radius 2 is 1.94 bits per heavy atom. The van der Waals surface area contributed by atoms with Crippen LogP contribution in [-0.4, -0.2) is 17.2 Å². The zero-order valence-electron chi connectivity index (χ0n) is 9.30. The molecule has 4 heteroatoms. The highest BCUT2D eigenvalue weighted by Crippen LogP contribution is 2.28. The van der Waals surface area contributed by atoms with Crippen molar-refractivity contribution in [1.82, 2.24) is 4.98 Å². The Morgan fingerprint density at radius 3 is 2.59 bits per heavy atom. The van der Waals surface area contributed by atoms with E-state index in [1.807, 2.05) is 0 Å². The second-order valence-corrected chi connectivity index (χ2v) is 3.98. The lowest BCUT2D eigenvalue weighted by Crippen LogP contribution is -2.04. The van der Waals surface area contributed by atoms with Gasteiger partial charge in [-0.05, 0) is 29.8 Å². The predicted molar refractivity (Wildman–Crippen MR) is 66.3 cm³/mol. The average Bonchev–Trinajstić information content (AvgIpc) is 2.39. The summed E-state index contributed by atoms with van der Waals surface area (Å²) in [7, 11) is 1.55. The van der Waals surface area contributed by atoms with Crippen LogP contribution in [0.2, 0.25) is 5.02 Å². The van der Waals surface area contributed by atoms with Gasteiger partial charge in [0.1, 0.15) is 17.5 Å². The summed E-state index contributed by atoms with van der Waals surface area (Å²) in [6.45, 7) is 0. The lowest BCUT2D eigenvalue weighted by molar-refractivity contribution is 0.209. The number of hydrogen-bond acceptors (Lipinski definition) is 3. The Labute approximate surface area is 105 Å². The Bertz CT molecular complexity index is 499. The smallest absolute Gasteiger partial charge is 0.143 e. The first kappa shape index (κ1) is 11.9. The third kappa shape index (κ3) is 2.57. The molecule has 1 atom stereocenters. The van der Waals surface area contributed by atoms with E-state index in [0.29, 0.717) is 16.5 Å². The van der Waals surface area contributed by atoms with Gasteiger partial charge in [0.05, 0.1) is 7.11 Å². The van der Waals surface area contributed by atoms with Crippen LogP contribution in [0.4, 0.5) is 0 Å². The lowest BCUT2D eigenvalue weighted by atomic mass is 10.1. The van der Waals surface area contributed by atoms with Crippen molar-refractivity contribution in [1.29, 1.82) is 0 Å². The highest BCUT2D eigenvalue weighted by atomic mass is 35.5. The van der Waals surface area contributed by atoms with Gasteiger partial charge in [-0.15, -0.1) is 0 Å². The Morgan fingerprint density at radius 1 is 1.24 bits per heavy atom. The fourth-order valence-electron chi connectivity index (χ4n) is 1.58. The van der Waals surface area contributed by atoms with Crippen LogP contribution >= 0.6 is 11.6 Å². The van der Waals surface area contributed by atoms with Gasteiger partial charge in [-0.1, -0.05) is 23.7 Å². The van der Waals surface area contributed by atoms with Gasteiger partial charge in [0.2, 0.25) is 0 Å². The van der Waals surface area contributed by atoms with Gasteiger partial charge < -0.3 is 9.84 Å². The molecule has 1 aromatic carbocycles. The Kier molecular flexibility index (Phi) is 3.61. The standard InChI is InChI=1S/C13H12ClNO2/c1-17-11-3-2-8-15-12(11)13(16)9-4-6-10(14)7-5-9/h2-8,13,16H,1H3. The molecule has 88 valence electrons. The first-order valence-electron chi connectivity index (χ1n) is 5.15. The Hall–Kier alpha value is -1.58. The molecule has 0 saturated carbocycles. The number of benzene rings is 1. The monoisotopic (exact) mass is 249 g/mol. The van der Waals surface area contributed by atoms with Crippen LogP contribution in [-0.2, 0) is 0 Å². The molecule has 1 N–H and O–H groups in total. The van der Waals surface area contributed by atoms with Crippen molar-refractivity contribution >= 4 is 11.6 Å². The van der Waals surface area contributed by atoms with Crippen LogP contribution in [0.5, 0.6) is 5.75 Å². The van der Waals surface area contributed by atoms with Crippen molar-refractivity contribution in [2.24, 2.45) is 0 Å². The van der Waals surface area contributed by atoms with Gasteiger partial charge in [0, 0.05) is 11.2 Å². The molecule has 0 aliphatic carbocycles. The molecular formula is C13H12ClNO2. The van der Waals surface area contributed by atoms with Crippen LogP contribution in [0, 0.1) is 0 Å². The summed E-state index contributed by atoms with van der Waals surface area (Å²) in [6.07, 6.45) is 0.806. The third-order valence-corrected chi connectivity index (χ3v) is 2.72. The molecule has 1 heterocycles. The van der Waals surface area contributed by atoms with Gasteiger partial charge in [0.15, 0.2) is 0 Å². The molecule has 0 aliphatic heterocycles. The van der Waals surface area contributed by atoms with Gasteiger partial charge in [-0.25, -0.2) is 0 Å². The average molecular weight is 250 g/mol. The molecule has 1 aromatic heterocycles. The van der Waals surface area contributed by atoms with Gasteiger partial charge in [0.25, 0.3) is 0 Å². The zero-order chi connectivity index (χ0) is 12.3. The van der Waals surface area contributed by atoms with E-state index >= 15 is 0 Å². The summed E-state index contributed by atoms with van der Waals surface area (Å²) in [5, 5.41) is 10.8. The van der Waals surface area contributed by atoms with Crippen LogP contribution < -0.4 is 4.74 Å². The number of aliphatic hydroxyl groups is 1. The van der Waals surface area contributed by atoms with E-state index in [1.54, 1.807) is 49.7 Å². The SMILES string of the molecule is COc1cccnc1C(O)c1ccc(Cl)cc1. The predicted octanol–water partition coefficient (Wildman–Crippen LogP) is 2.83. The fourth-order valence-corrected chi connectivity index (χ4v) is 1.71. The number of aromatic nitrogens is 1. The highest BCUT2D eigenvalue weighted by Gasteiger charge is 2.16. The molecule has 0 fully saturated rings. The van der Waals surface area contributed by atoms with Gasteiger partial charge >= 0.3 is 0 Å². The number of ether oxygens (including phenoxy) is 1. The molecule has 17 heavy (non-hydrogen) atoms. The maximum absolute atomic E-state index is 10.2. The number of pyridine rings is 1. The van der Waals surface area contributed by atoms with Crippen LogP contribution in [0.1, 0.15) is 17.4 Å². The summed E-state index contributed by atoms with van der Waals surface area (Å²) in [4.78, 5) is 4.14. The van der Waals surface area contributed by atoms with E-state index in [0.717, 1.165) is 5.56 Å². The van der Waals surface area contributed by atoms with Gasteiger partial charge in [-0.2, -0.15) is 0 Å². The van der Waals surface area contributed by atoms with Crippen LogP contribution in [0.15, 0.2) is 42.6 Å². The van der Waals surface area contributed by atoms with Crippen molar-refractivity contribution in [2.75, 3.05) is 7.11 Å². The number of methoxy groups -OCH3 is 1. The number of halogens is 1. The number of aliphatic hydroxyl groups excluding tert-OH is 1. The van der Waals surface area contributed by atoms with E-state index in [-0.39, 0.29) is 0 Å². The first-order chi connectivity index (χ1) is 8.22. The van der Waals surface area contributed by atoms with Crippen molar-refractivity contribution in [3.8, 4) is 5.75 Å². The number of rotatable bonds is 3. The van der Waals surface area contributed by atoms with Crippen molar-refractivity contribution in [3.63, 3.8) is 0 Å². The van der Waals surface area contributed by atoms with Crippen LogP contribution in [0.25, 0.3) is 0 Å². The minimum Gasteiger partial charge on any atom is -0.495 e. The molecule has 0 bridgehead atoms. The van der Waals surface area contributed by atoms with Crippen LogP contribution in [0.3, 0.4) is 0 Å². The topological polar surface area (TPSA) is 42.4 Å². The normalized spacial score (nSPS) is 12.2. The molecule has 2 aromatic rings. The first-order valence-corrected chi connectivity index (χ1v) is 5.52. The summed E-state index contributed by atoms with van der Waals surface area (Å²) in [5.74, 6) is 0.565. The molecular weight excluding hydrogens is 238 g/mol. The summed E-state index contributed by atoms with van der Waals surface area (Å²) in [5.41, 5.74) is 1.23. The van der Waals surface area contributed by atoms with E-state index in [2.05, 4.69) is 4.98 Å². The van der Waals surface area contributed by atoms with Crippen molar-refractivity contribution in [3.05, 3.63) is 58.9 Å². The molecule has 1 unspecified atom stereocenters. The maximum Gasteiger partial charge on any atom is 0.143 e. The minimum atomic E-state index is -0.816. The molecule has 0 saturated heterocycles. The van der Waals surface area contributed by atoms with E-state index in [9.17, 15) is 5.11 Å². The van der Waals surface area contributed by atoms with Gasteiger partial charge in [-0.3, -0.25) is 4.98 Å². The Balaban J connectivity index is 2.36. The summed E-state index contributed by atoms with van der Waals surface area (Å²) in [6, 6.07) is 10.5. The molecule has 0 radical (unpaired) electrons. The second kappa shape index (κ2) is 5.17. The zero-order valence-corrected chi connectivity index (χ0v) is 10.1. The van der Waals surface area contributed by atoms with E-state index in [4.69, 9.17) is 16.3 Å². The summed E-state index contributed by atoms with van der Waals surface area (Å²) >= 11 is 5.80.